The van der Waals surface area contributed by atoms with Crippen LogP contribution >= 0.6 is 0 Å². The number of hydrogen-bond donors (Lipinski definition) is 2. The van der Waals surface area contributed by atoms with Gasteiger partial charge in [0, 0.05) is 31.4 Å². The van der Waals surface area contributed by atoms with Crippen LogP contribution in [0.25, 0.3) is 0 Å². The van der Waals surface area contributed by atoms with Crippen molar-refractivity contribution in [3.63, 3.8) is 0 Å². The van der Waals surface area contributed by atoms with Crippen LogP contribution in [0.5, 0.6) is 0 Å². The van der Waals surface area contributed by atoms with E-state index in [1.54, 1.807) is 0 Å². The molecule has 3 rings (SSSR count). The Labute approximate surface area is 125 Å². The summed E-state index contributed by atoms with van der Waals surface area (Å²) < 4.78 is 0. The molecule has 2 N–H and O–H groups in total. The third-order valence-corrected chi connectivity index (χ3v) is 4.35. The summed E-state index contributed by atoms with van der Waals surface area (Å²) in [6, 6.07) is 0.235. The monoisotopic (exact) mass is 289 g/mol. The minimum Gasteiger partial charge on any atom is -0.354 e. The normalized spacial score (nSPS) is 24.7. The highest BCUT2D eigenvalue weighted by Crippen LogP contribution is 2.32. The molecule has 0 bridgehead atoms. The first-order valence-corrected chi connectivity index (χ1v) is 7.82. The van der Waals surface area contributed by atoms with E-state index in [2.05, 4.69) is 32.4 Å². The number of nitrogens with one attached hydrogen (secondary N) is 2. The molecule has 21 heavy (non-hydrogen) atoms. The Kier molecular flexibility index (Phi) is 3.94. The highest BCUT2D eigenvalue weighted by Gasteiger charge is 2.41. The number of aromatic nitrogens is 2. The van der Waals surface area contributed by atoms with Gasteiger partial charge in [-0.2, -0.15) is 4.98 Å². The number of fused-ring (bicyclic) bond motifs is 1. The molecule has 1 aromatic heterocycles. The number of carbonyl (C=O) groups excluding carboxylic acids is 1. The molecule has 2 unspecified atom stereocenters. The van der Waals surface area contributed by atoms with Crippen molar-refractivity contribution < 1.29 is 4.79 Å². The Morgan fingerprint density at radius 1 is 1.52 bits per heavy atom. The number of anilines is 2. The minimum absolute atomic E-state index is 0.111. The SMILES string of the molecule is CCCNc1ncc(C)c(N2CCCC3C(=O)NCC32)n1. The van der Waals surface area contributed by atoms with Gasteiger partial charge >= 0.3 is 0 Å². The van der Waals surface area contributed by atoms with Crippen LogP contribution < -0.4 is 15.5 Å². The van der Waals surface area contributed by atoms with E-state index in [1.165, 1.54) is 0 Å². The van der Waals surface area contributed by atoms with E-state index in [0.29, 0.717) is 5.95 Å². The maximum absolute atomic E-state index is 11.9. The number of hydrogen-bond acceptors (Lipinski definition) is 5. The van der Waals surface area contributed by atoms with Gasteiger partial charge in [-0.25, -0.2) is 4.98 Å². The third kappa shape index (κ3) is 2.66. The average Bonchev–Trinajstić information content (AvgIpc) is 2.88. The van der Waals surface area contributed by atoms with Gasteiger partial charge in [-0.3, -0.25) is 4.79 Å². The molecular formula is C15H23N5O. The second-order valence-corrected chi connectivity index (χ2v) is 5.88. The van der Waals surface area contributed by atoms with Crippen molar-refractivity contribution in [2.24, 2.45) is 5.92 Å². The summed E-state index contributed by atoms with van der Waals surface area (Å²) in [4.78, 5) is 23.2. The van der Waals surface area contributed by atoms with Crippen molar-refractivity contribution in [1.82, 2.24) is 15.3 Å². The maximum atomic E-state index is 11.9. The predicted molar refractivity (Wildman–Crippen MR) is 82.4 cm³/mol. The fourth-order valence-corrected chi connectivity index (χ4v) is 3.26. The third-order valence-electron chi connectivity index (χ3n) is 4.35. The van der Waals surface area contributed by atoms with Gasteiger partial charge in [-0.15, -0.1) is 0 Å². The molecule has 2 aliphatic rings. The van der Waals surface area contributed by atoms with Crippen LogP contribution in [0.2, 0.25) is 0 Å². The highest BCUT2D eigenvalue weighted by molar-refractivity contribution is 5.83. The van der Waals surface area contributed by atoms with E-state index in [0.717, 1.165) is 50.3 Å². The van der Waals surface area contributed by atoms with Gasteiger partial charge in [-0.1, -0.05) is 6.92 Å². The van der Waals surface area contributed by atoms with E-state index in [4.69, 9.17) is 0 Å². The van der Waals surface area contributed by atoms with Crippen molar-refractivity contribution in [2.45, 2.75) is 39.2 Å². The first kappa shape index (κ1) is 14.1. The van der Waals surface area contributed by atoms with Crippen LogP contribution in [-0.4, -0.2) is 41.6 Å². The fourth-order valence-electron chi connectivity index (χ4n) is 3.26. The fraction of sp³-hybridized carbons (Fsp3) is 0.667. The zero-order valence-electron chi connectivity index (χ0n) is 12.7. The Morgan fingerprint density at radius 3 is 3.19 bits per heavy atom. The summed E-state index contributed by atoms with van der Waals surface area (Å²) in [5, 5.41) is 6.23. The van der Waals surface area contributed by atoms with Crippen LogP contribution in [0, 0.1) is 12.8 Å². The van der Waals surface area contributed by atoms with Gasteiger partial charge in [0.25, 0.3) is 0 Å². The molecule has 0 saturated carbocycles. The van der Waals surface area contributed by atoms with Crippen LogP contribution in [-0.2, 0) is 4.79 Å². The molecule has 6 nitrogen and oxygen atoms in total. The van der Waals surface area contributed by atoms with Gasteiger partial charge in [0.15, 0.2) is 0 Å². The molecule has 2 fully saturated rings. The molecule has 0 aromatic carbocycles. The standard InChI is InChI=1S/C15H23N5O/c1-3-6-16-15-18-8-10(2)13(19-15)20-7-4-5-11-12(20)9-17-14(11)21/h8,11-12H,3-7,9H2,1-2H3,(H,17,21)(H,16,18,19). The summed E-state index contributed by atoms with van der Waals surface area (Å²) in [5.74, 6) is 1.95. The molecule has 2 aliphatic heterocycles. The van der Waals surface area contributed by atoms with Crippen molar-refractivity contribution >= 4 is 17.7 Å². The Hall–Kier alpha value is -1.85. The lowest BCUT2D eigenvalue weighted by molar-refractivity contribution is -0.122. The number of rotatable bonds is 4. The van der Waals surface area contributed by atoms with E-state index in [-0.39, 0.29) is 17.9 Å². The van der Waals surface area contributed by atoms with Crippen molar-refractivity contribution in [3.8, 4) is 0 Å². The first-order valence-electron chi connectivity index (χ1n) is 7.82. The van der Waals surface area contributed by atoms with Gasteiger partial charge < -0.3 is 15.5 Å². The summed E-state index contributed by atoms with van der Waals surface area (Å²) in [6.45, 7) is 6.71. The van der Waals surface area contributed by atoms with E-state index < -0.39 is 0 Å². The lowest BCUT2D eigenvalue weighted by atomic mass is 9.91. The zero-order chi connectivity index (χ0) is 14.8. The number of aryl methyl sites for hydroxylation is 1. The topological polar surface area (TPSA) is 70.2 Å². The van der Waals surface area contributed by atoms with Crippen LogP contribution in [0.15, 0.2) is 6.20 Å². The number of nitrogens with zero attached hydrogens (tertiary/aromatic N) is 3. The maximum Gasteiger partial charge on any atom is 0.225 e. The second kappa shape index (κ2) is 5.87. The molecule has 0 radical (unpaired) electrons. The van der Waals surface area contributed by atoms with Gasteiger partial charge in [-0.05, 0) is 26.2 Å². The van der Waals surface area contributed by atoms with Crippen LogP contribution in [0.3, 0.4) is 0 Å². The number of piperidine rings is 1. The molecule has 3 heterocycles. The Bertz CT molecular complexity index is 533. The summed E-state index contributed by atoms with van der Waals surface area (Å²) in [7, 11) is 0. The van der Waals surface area contributed by atoms with Gasteiger partial charge in [0.05, 0.1) is 12.0 Å². The zero-order valence-corrected chi connectivity index (χ0v) is 12.7. The van der Waals surface area contributed by atoms with E-state index >= 15 is 0 Å². The van der Waals surface area contributed by atoms with E-state index in [9.17, 15) is 4.79 Å². The lowest BCUT2D eigenvalue weighted by Crippen LogP contribution is -2.46. The molecule has 2 saturated heterocycles. The molecule has 1 aromatic rings. The summed E-state index contributed by atoms with van der Waals surface area (Å²) in [5.41, 5.74) is 1.07. The number of carbonyl (C=O) groups is 1. The molecule has 2 atom stereocenters. The molecule has 6 heteroatoms. The summed E-state index contributed by atoms with van der Waals surface area (Å²) >= 11 is 0. The molecule has 1 amide bonds. The molecule has 114 valence electrons. The van der Waals surface area contributed by atoms with Gasteiger partial charge in [0.1, 0.15) is 5.82 Å². The molecule has 0 aliphatic carbocycles. The van der Waals surface area contributed by atoms with E-state index in [1.807, 2.05) is 13.1 Å². The Morgan fingerprint density at radius 2 is 2.38 bits per heavy atom. The lowest BCUT2D eigenvalue weighted by Gasteiger charge is -2.37. The quantitative estimate of drug-likeness (QED) is 0.875. The molecule has 0 spiro atoms. The Balaban J connectivity index is 1.86. The smallest absolute Gasteiger partial charge is 0.225 e. The second-order valence-electron chi connectivity index (χ2n) is 5.88. The minimum atomic E-state index is 0.111. The highest BCUT2D eigenvalue weighted by atomic mass is 16.2. The first-order chi connectivity index (χ1) is 10.2. The van der Waals surface area contributed by atoms with Gasteiger partial charge in [0.2, 0.25) is 11.9 Å². The largest absolute Gasteiger partial charge is 0.354 e. The van der Waals surface area contributed by atoms with Crippen molar-refractivity contribution in [1.29, 1.82) is 0 Å². The predicted octanol–water partition coefficient (Wildman–Crippen LogP) is 1.32. The van der Waals surface area contributed by atoms with Crippen LogP contribution in [0.4, 0.5) is 11.8 Å². The van der Waals surface area contributed by atoms with Crippen molar-refractivity contribution in [2.75, 3.05) is 29.9 Å². The van der Waals surface area contributed by atoms with Crippen molar-refractivity contribution in [3.05, 3.63) is 11.8 Å². The average molecular weight is 289 g/mol. The molecular weight excluding hydrogens is 266 g/mol. The summed E-state index contributed by atoms with van der Waals surface area (Å²) in [6.07, 6.45) is 4.93. The van der Waals surface area contributed by atoms with Crippen LogP contribution in [0.1, 0.15) is 31.7 Å². The number of amides is 1.